The maximum absolute atomic E-state index is 12.4. The van der Waals surface area contributed by atoms with Crippen molar-refractivity contribution in [1.29, 1.82) is 0 Å². The quantitative estimate of drug-likeness (QED) is 0.151. The number of carboxylic acid groups (broad SMARTS) is 4. The number of rotatable bonds is 12. The second-order valence-corrected chi connectivity index (χ2v) is 8.37. The molecule has 0 aromatic carbocycles. The van der Waals surface area contributed by atoms with Crippen LogP contribution in [-0.2, 0) is 24.0 Å². The molecular weight excluding hydrogens is 468 g/mol. The Morgan fingerprint density at radius 3 is 1.23 bits per heavy atom. The summed E-state index contributed by atoms with van der Waals surface area (Å²) in [4.78, 5) is 63.7. The van der Waals surface area contributed by atoms with Gasteiger partial charge in [-0.2, -0.15) is 0 Å². The molecule has 0 saturated carbocycles. The normalized spacial score (nSPS) is 18.7. The number of carboxylic acids is 4. The van der Waals surface area contributed by atoms with Crippen LogP contribution in [0, 0.1) is 0 Å². The van der Waals surface area contributed by atoms with Gasteiger partial charge in [0.25, 0.3) is 0 Å². The molecule has 200 valence electrons. The molecule has 1 heterocycles. The number of aliphatic carboxylic acids is 4. The molecular formula is C20H36N6O9. The Bertz CT molecular complexity index is 706. The van der Waals surface area contributed by atoms with Gasteiger partial charge in [0.05, 0.1) is 26.2 Å². The van der Waals surface area contributed by atoms with Crippen LogP contribution in [0.4, 0.5) is 0 Å². The van der Waals surface area contributed by atoms with Crippen LogP contribution >= 0.6 is 0 Å². The molecule has 0 spiro atoms. The maximum Gasteiger partial charge on any atom is 0.320 e. The third-order valence-electron chi connectivity index (χ3n) is 5.47. The van der Waals surface area contributed by atoms with Gasteiger partial charge in [0, 0.05) is 58.9 Å². The molecule has 1 fully saturated rings. The van der Waals surface area contributed by atoms with Crippen LogP contribution in [0.3, 0.4) is 0 Å². The first-order valence-electron chi connectivity index (χ1n) is 11.3. The van der Waals surface area contributed by atoms with Crippen molar-refractivity contribution in [3.8, 4) is 0 Å². The average Bonchev–Trinajstić information content (AvgIpc) is 2.74. The number of hydrogen-bond acceptors (Lipinski definition) is 10. The molecule has 1 aliphatic heterocycles. The lowest BCUT2D eigenvalue weighted by molar-refractivity contribution is -0.140. The van der Waals surface area contributed by atoms with Crippen LogP contribution in [-0.4, -0.2) is 161 Å². The van der Waals surface area contributed by atoms with Gasteiger partial charge in [-0.3, -0.25) is 43.6 Å². The van der Waals surface area contributed by atoms with E-state index in [0.29, 0.717) is 26.2 Å². The van der Waals surface area contributed by atoms with E-state index in [2.05, 4.69) is 5.32 Å². The number of carbonyl (C=O) groups excluding carboxylic acids is 1. The molecule has 0 radical (unpaired) electrons. The van der Waals surface area contributed by atoms with E-state index in [4.69, 9.17) is 10.8 Å². The van der Waals surface area contributed by atoms with Gasteiger partial charge in [-0.15, -0.1) is 0 Å². The van der Waals surface area contributed by atoms with Crippen molar-refractivity contribution in [2.24, 2.45) is 5.73 Å². The summed E-state index contributed by atoms with van der Waals surface area (Å²) in [7, 11) is 0. The van der Waals surface area contributed by atoms with E-state index >= 15 is 0 Å². The largest absolute Gasteiger partial charge is 0.480 e. The second kappa shape index (κ2) is 15.9. The lowest BCUT2D eigenvalue weighted by atomic mass is 10.2. The molecule has 7 N–H and O–H groups in total. The van der Waals surface area contributed by atoms with Crippen LogP contribution in [0.25, 0.3) is 0 Å². The lowest BCUT2D eigenvalue weighted by Crippen LogP contribution is -2.50. The number of nitrogens with zero attached hydrogens (tertiary/aromatic N) is 4. The molecule has 1 saturated heterocycles. The van der Waals surface area contributed by atoms with Crippen LogP contribution < -0.4 is 11.1 Å². The zero-order valence-corrected chi connectivity index (χ0v) is 19.7. The van der Waals surface area contributed by atoms with E-state index in [1.54, 1.807) is 19.6 Å². The Balaban J connectivity index is 2.86. The summed E-state index contributed by atoms with van der Waals surface area (Å²) in [6.45, 7) is 1.63. The number of nitrogens with two attached hydrogens (primary N) is 1. The van der Waals surface area contributed by atoms with Gasteiger partial charge < -0.3 is 31.5 Å². The standard InChI is InChI=1S/C20H36N6O9/c21-15(20(34)35)1-2-22-16(27)11-23-3-5-24(12-17(28)29)7-9-26(14-19(32)33)10-8-25(6-4-23)13-18(30)31/h15H,1-14,21H2,(H,22,27)(H,28,29)(H,30,31)(H,32,33)(H,34,35)/t15-/m0/s1. The topological polar surface area (TPSA) is 217 Å². The molecule has 35 heavy (non-hydrogen) atoms. The predicted molar refractivity (Wildman–Crippen MR) is 122 cm³/mol. The van der Waals surface area contributed by atoms with Gasteiger partial charge in [-0.25, -0.2) is 0 Å². The lowest BCUT2D eigenvalue weighted by Gasteiger charge is -2.32. The van der Waals surface area contributed by atoms with E-state index in [1.165, 1.54) is 0 Å². The molecule has 15 nitrogen and oxygen atoms in total. The van der Waals surface area contributed by atoms with Gasteiger partial charge in [0.2, 0.25) is 5.91 Å². The summed E-state index contributed by atoms with van der Waals surface area (Å²) in [5.74, 6) is -4.63. The molecule has 0 aromatic heterocycles. The molecule has 0 bridgehead atoms. The maximum atomic E-state index is 12.4. The third-order valence-corrected chi connectivity index (χ3v) is 5.47. The summed E-state index contributed by atoms with van der Waals surface area (Å²) >= 11 is 0. The molecule has 0 unspecified atom stereocenters. The summed E-state index contributed by atoms with van der Waals surface area (Å²) in [5.41, 5.74) is 5.43. The van der Waals surface area contributed by atoms with Crippen molar-refractivity contribution in [3.05, 3.63) is 0 Å². The molecule has 15 heteroatoms. The van der Waals surface area contributed by atoms with E-state index in [-0.39, 0.29) is 71.2 Å². The highest BCUT2D eigenvalue weighted by Crippen LogP contribution is 2.01. The Hall–Kier alpha value is -2.85. The zero-order chi connectivity index (χ0) is 26.4. The van der Waals surface area contributed by atoms with Crippen LogP contribution in [0.15, 0.2) is 0 Å². The first-order chi connectivity index (χ1) is 16.5. The SMILES string of the molecule is N[C@@H](CCNC(=O)CN1CCN(CC(=O)O)CCN(CC(=O)O)CCN(CC(=O)O)CC1)C(=O)O. The van der Waals surface area contributed by atoms with E-state index in [0.717, 1.165) is 0 Å². The third kappa shape index (κ3) is 14.2. The van der Waals surface area contributed by atoms with Crippen molar-refractivity contribution >= 4 is 29.8 Å². The minimum Gasteiger partial charge on any atom is -0.480 e. The number of hydrogen-bond donors (Lipinski definition) is 6. The highest BCUT2D eigenvalue weighted by atomic mass is 16.4. The van der Waals surface area contributed by atoms with Gasteiger partial charge in [0.1, 0.15) is 6.04 Å². The van der Waals surface area contributed by atoms with Gasteiger partial charge in [-0.1, -0.05) is 0 Å². The fourth-order valence-corrected chi connectivity index (χ4v) is 3.53. The van der Waals surface area contributed by atoms with Crippen molar-refractivity contribution in [1.82, 2.24) is 24.9 Å². The average molecular weight is 505 g/mol. The number of nitrogens with one attached hydrogen (secondary N) is 1. The Labute approximate surface area is 203 Å². The Morgan fingerprint density at radius 1 is 0.629 bits per heavy atom. The monoisotopic (exact) mass is 504 g/mol. The molecule has 0 aromatic rings. The van der Waals surface area contributed by atoms with Crippen molar-refractivity contribution in [2.45, 2.75) is 12.5 Å². The zero-order valence-electron chi connectivity index (χ0n) is 19.7. The van der Waals surface area contributed by atoms with Crippen LogP contribution in [0.5, 0.6) is 0 Å². The van der Waals surface area contributed by atoms with E-state index < -0.39 is 29.9 Å². The smallest absolute Gasteiger partial charge is 0.320 e. The van der Waals surface area contributed by atoms with Gasteiger partial charge in [0.15, 0.2) is 0 Å². The minimum absolute atomic E-state index is 0.0464. The minimum atomic E-state index is -1.17. The van der Waals surface area contributed by atoms with Gasteiger partial charge >= 0.3 is 23.9 Å². The summed E-state index contributed by atoms with van der Waals surface area (Å²) in [5, 5.41) is 39.1. The molecule has 1 amide bonds. The fraction of sp³-hybridized carbons (Fsp3) is 0.750. The highest BCUT2D eigenvalue weighted by Gasteiger charge is 2.21. The number of amides is 1. The summed E-state index contributed by atoms with van der Waals surface area (Å²) in [6.07, 6.45) is 0.0622. The first-order valence-corrected chi connectivity index (χ1v) is 11.3. The van der Waals surface area contributed by atoms with E-state index in [1.807, 2.05) is 0 Å². The van der Waals surface area contributed by atoms with Crippen molar-refractivity contribution < 1.29 is 44.4 Å². The Kier molecular flexibility index (Phi) is 13.7. The van der Waals surface area contributed by atoms with Crippen molar-refractivity contribution in [2.75, 3.05) is 85.1 Å². The van der Waals surface area contributed by atoms with E-state index in [9.17, 15) is 39.3 Å². The van der Waals surface area contributed by atoms with Crippen LogP contribution in [0.2, 0.25) is 0 Å². The summed E-state index contributed by atoms with van der Waals surface area (Å²) < 4.78 is 0. The van der Waals surface area contributed by atoms with Gasteiger partial charge in [-0.05, 0) is 6.42 Å². The molecule has 1 atom stereocenters. The molecule has 0 aliphatic carbocycles. The van der Waals surface area contributed by atoms with Crippen molar-refractivity contribution in [3.63, 3.8) is 0 Å². The molecule has 1 rings (SSSR count). The predicted octanol–water partition coefficient (Wildman–Crippen LogP) is -3.62. The summed E-state index contributed by atoms with van der Waals surface area (Å²) in [6, 6.07) is -1.09. The second-order valence-electron chi connectivity index (χ2n) is 8.37. The van der Waals surface area contributed by atoms with Crippen LogP contribution in [0.1, 0.15) is 6.42 Å². The first kappa shape index (κ1) is 30.2. The highest BCUT2D eigenvalue weighted by molar-refractivity contribution is 5.78. The fourth-order valence-electron chi connectivity index (χ4n) is 3.53. The molecule has 1 aliphatic rings. The Morgan fingerprint density at radius 2 is 0.943 bits per heavy atom. The number of carbonyl (C=O) groups is 5.